The zero-order valence-electron chi connectivity index (χ0n) is 12.7. The molecule has 0 amide bonds. The minimum atomic E-state index is -0.209. The van der Waals surface area contributed by atoms with E-state index in [9.17, 15) is 0 Å². The van der Waals surface area contributed by atoms with Gasteiger partial charge in [0.2, 0.25) is 0 Å². The summed E-state index contributed by atoms with van der Waals surface area (Å²) in [4.78, 5) is 0. The number of hydrogen-bond acceptors (Lipinski definition) is 4. The standard InChI is InChI=1S/C15H21BrN4O/c1-9(2)20-15(12(16)8-18-20)14(19-17)11-7-10(3)5-6-13(11)21-4/h5-9,14,19H,17H2,1-4H3. The Balaban J connectivity index is 2.60. The molecule has 1 atom stereocenters. The topological polar surface area (TPSA) is 65.1 Å². The van der Waals surface area contributed by atoms with Gasteiger partial charge in [0, 0.05) is 11.6 Å². The number of benzene rings is 1. The SMILES string of the molecule is COc1ccc(C)cc1C(NN)c1c(Br)cnn1C(C)C. The van der Waals surface area contributed by atoms with Crippen molar-refractivity contribution in [1.29, 1.82) is 0 Å². The lowest BCUT2D eigenvalue weighted by molar-refractivity contribution is 0.399. The van der Waals surface area contributed by atoms with E-state index >= 15 is 0 Å². The van der Waals surface area contributed by atoms with Crippen molar-refractivity contribution in [2.75, 3.05) is 7.11 Å². The molecular weight excluding hydrogens is 332 g/mol. The number of methoxy groups -OCH3 is 1. The third-order valence-electron chi connectivity index (χ3n) is 3.41. The van der Waals surface area contributed by atoms with Gasteiger partial charge in [-0.3, -0.25) is 10.5 Å². The van der Waals surface area contributed by atoms with Crippen molar-refractivity contribution in [3.63, 3.8) is 0 Å². The lowest BCUT2D eigenvalue weighted by Gasteiger charge is -2.23. The Labute approximate surface area is 133 Å². The maximum Gasteiger partial charge on any atom is 0.124 e. The molecule has 0 saturated heterocycles. The van der Waals surface area contributed by atoms with Gasteiger partial charge in [0.05, 0.1) is 29.5 Å². The van der Waals surface area contributed by atoms with Crippen LogP contribution in [0.25, 0.3) is 0 Å². The summed E-state index contributed by atoms with van der Waals surface area (Å²) >= 11 is 3.57. The van der Waals surface area contributed by atoms with Gasteiger partial charge in [-0.15, -0.1) is 0 Å². The second-order valence-electron chi connectivity index (χ2n) is 5.26. The van der Waals surface area contributed by atoms with Crippen LogP contribution in [0.3, 0.4) is 0 Å². The molecule has 0 spiro atoms. The smallest absolute Gasteiger partial charge is 0.124 e. The Morgan fingerprint density at radius 3 is 2.67 bits per heavy atom. The van der Waals surface area contributed by atoms with Gasteiger partial charge >= 0.3 is 0 Å². The van der Waals surface area contributed by atoms with Crippen LogP contribution in [-0.2, 0) is 0 Å². The number of aryl methyl sites for hydroxylation is 1. The lowest BCUT2D eigenvalue weighted by Crippen LogP contribution is -2.31. The molecule has 1 unspecified atom stereocenters. The van der Waals surface area contributed by atoms with E-state index in [1.54, 1.807) is 13.3 Å². The van der Waals surface area contributed by atoms with Gasteiger partial charge in [-0.05, 0) is 42.8 Å². The zero-order chi connectivity index (χ0) is 15.6. The number of nitrogens with one attached hydrogen (secondary N) is 1. The van der Waals surface area contributed by atoms with Crippen LogP contribution in [0, 0.1) is 6.92 Å². The summed E-state index contributed by atoms with van der Waals surface area (Å²) in [5.41, 5.74) is 6.01. The van der Waals surface area contributed by atoms with Crippen molar-refractivity contribution >= 4 is 15.9 Å². The van der Waals surface area contributed by atoms with Gasteiger partial charge in [-0.1, -0.05) is 17.7 Å². The molecule has 0 aliphatic carbocycles. The fourth-order valence-electron chi connectivity index (χ4n) is 2.43. The van der Waals surface area contributed by atoms with Gasteiger partial charge in [0.25, 0.3) is 0 Å². The predicted molar refractivity (Wildman–Crippen MR) is 87.2 cm³/mol. The maximum absolute atomic E-state index is 5.84. The van der Waals surface area contributed by atoms with Crippen molar-refractivity contribution in [2.24, 2.45) is 5.84 Å². The Morgan fingerprint density at radius 2 is 2.10 bits per heavy atom. The fourth-order valence-corrected chi connectivity index (χ4v) is 2.93. The number of nitrogens with zero attached hydrogens (tertiary/aromatic N) is 2. The van der Waals surface area contributed by atoms with Crippen LogP contribution in [0.15, 0.2) is 28.9 Å². The molecule has 1 heterocycles. The van der Waals surface area contributed by atoms with Crippen LogP contribution in [0.5, 0.6) is 5.75 Å². The summed E-state index contributed by atoms with van der Waals surface area (Å²) in [6, 6.07) is 6.08. The van der Waals surface area contributed by atoms with E-state index in [0.29, 0.717) is 0 Å². The number of hydrazine groups is 1. The van der Waals surface area contributed by atoms with E-state index in [1.807, 2.05) is 23.7 Å². The molecule has 1 aromatic carbocycles. The third-order valence-corrected chi connectivity index (χ3v) is 4.02. The van der Waals surface area contributed by atoms with Gasteiger partial charge in [0.15, 0.2) is 0 Å². The number of hydrogen-bond donors (Lipinski definition) is 2. The summed E-state index contributed by atoms with van der Waals surface area (Å²) in [5, 5.41) is 4.42. The molecular formula is C15H21BrN4O. The molecule has 21 heavy (non-hydrogen) atoms. The first-order valence-corrected chi connectivity index (χ1v) is 7.62. The quantitative estimate of drug-likeness (QED) is 0.640. The van der Waals surface area contributed by atoms with Gasteiger partial charge < -0.3 is 4.74 Å². The van der Waals surface area contributed by atoms with Crippen LogP contribution in [-0.4, -0.2) is 16.9 Å². The first-order chi connectivity index (χ1) is 9.99. The molecule has 5 nitrogen and oxygen atoms in total. The van der Waals surface area contributed by atoms with Crippen molar-refractivity contribution in [3.05, 3.63) is 45.7 Å². The average Bonchev–Trinajstić information content (AvgIpc) is 2.82. The lowest BCUT2D eigenvalue weighted by atomic mass is 10.0. The molecule has 0 fully saturated rings. The fraction of sp³-hybridized carbons (Fsp3) is 0.400. The number of halogens is 1. The van der Waals surface area contributed by atoms with E-state index in [-0.39, 0.29) is 12.1 Å². The molecule has 1 aromatic heterocycles. The highest BCUT2D eigenvalue weighted by Crippen LogP contribution is 2.34. The van der Waals surface area contributed by atoms with Crippen molar-refractivity contribution in [2.45, 2.75) is 32.9 Å². The second kappa shape index (κ2) is 6.60. The second-order valence-corrected chi connectivity index (χ2v) is 6.12. The molecule has 0 bridgehead atoms. The molecule has 114 valence electrons. The Kier molecular flexibility index (Phi) is 5.03. The maximum atomic E-state index is 5.84. The molecule has 0 radical (unpaired) electrons. The van der Waals surface area contributed by atoms with Crippen molar-refractivity contribution in [1.82, 2.24) is 15.2 Å². The number of nitrogens with two attached hydrogens (primary N) is 1. The Bertz CT molecular complexity index is 624. The minimum Gasteiger partial charge on any atom is -0.496 e. The third kappa shape index (κ3) is 3.12. The van der Waals surface area contributed by atoms with Crippen LogP contribution in [0.1, 0.15) is 42.8 Å². The molecule has 2 aromatic rings. The first-order valence-electron chi connectivity index (χ1n) is 6.83. The van der Waals surface area contributed by atoms with Gasteiger partial charge in [-0.2, -0.15) is 5.10 Å². The number of ether oxygens (including phenoxy) is 1. The van der Waals surface area contributed by atoms with Crippen LogP contribution >= 0.6 is 15.9 Å². The van der Waals surface area contributed by atoms with Gasteiger partial charge in [0.1, 0.15) is 5.75 Å². The van der Waals surface area contributed by atoms with E-state index in [1.165, 1.54) is 0 Å². The summed E-state index contributed by atoms with van der Waals surface area (Å²) in [6.45, 7) is 6.22. The van der Waals surface area contributed by atoms with E-state index in [4.69, 9.17) is 10.6 Å². The Hall–Kier alpha value is -1.37. The molecule has 3 N–H and O–H groups in total. The Morgan fingerprint density at radius 1 is 1.38 bits per heavy atom. The molecule has 6 heteroatoms. The number of aromatic nitrogens is 2. The molecule has 0 saturated carbocycles. The van der Waals surface area contributed by atoms with Crippen LogP contribution in [0.2, 0.25) is 0 Å². The predicted octanol–water partition coefficient (Wildman–Crippen LogP) is 3.10. The van der Waals surface area contributed by atoms with Crippen molar-refractivity contribution < 1.29 is 4.74 Å². The van der Waals surface area contributed by atoms with Crippen LogP contribution in [0.4, 0.5) is 0 Å². The van der Waals surface area contributed by atoms with E-state index < -0.39 is 0 Å². The molecule has 0 aliphatic heterocycles. The largest absolute Gasteiger partial charge is 0.496 e. The zero-order valence-corrected chi connectivity index (χ0v) is 14.3. The van der Waals surface area contributed by atoms with Crippen LogP contribution < -0.4 is 16.0 Å². The minimum absolute atomic E-state index is 0.209. The monoisotopic (exact) mass is 352 g/mol. The molecule has 2 rings (SSSR count). The average molecular weight is 353 g/mol. The van der Waals surface area contributed by atoms with E-state index in [2.05, 4.69) is 46.4 Å². The first kappa shape index (κ1) is 16.0. The highest BCUT2D eigenvalue weighted by Gasteiger charge is 2.24. The number of rotatable bonds is 5. The highest BCUT2D eigenvalue weighted by atomic mass is 79.9. The molecule has 0 aliphatic rings. The van der Waals surface area contributed by atoms with E-state index in [0.717, 1.165) is 27.0 Å². The highest BCUT2D eigenvalue weighted by molar-refractivity contribution is 9.10. The summed E-state index contributed by atoms with van der Waals surface area (Å²) in [5.74, 6) is 6.64. The summed E-state index contributed by atoms with van der Waals surface area (Å²) < 4.78 is 8.35. The normalized spacial score (nSPS) is 12.7. The van der Waals surface area contributed by atoms with Crippen molar-refractivity contribution in [3.8, 4) is 5.75 Å². The summed E-state index contributed by atoms with van der Waals surface area (Å²) in [6.07, 6.45) is 1.79. The van der Waals surface area contributed by atoms with Gasteiger partial charge in [-0.25, -0.2) is 5.43 Å². The summed E-state index contributed by atoms with van der Waals surface area (Å²) in [7, 11) is 1.66.